The highest BCUT2D eigenvalue weighted by Gasteiger charge is 2.26. The van der Waals surface area contributed by atoms with Gasteiger partial charge in [0.15, 0.2) is 0 Å². The fraction of sp³-hybridized carbons (Fsp3) is 0.588. The summed E-state index contributed by atoms with van der Waals surface area (Å²) in [6.07, 6.45) is 6.10. The van der Waals surface area contributed by atoms with Gasteiger partial charge in [-0.1, -0.05) is 36.6 Å². The van der Waals surface area contributed by atoms with Crippen molar-refractivity contribution >= 4 is 17.5 Å². The molecule has 0 saturated carbocycles. The molecule has 0 radical (unpaired) electrons. The molecule has 4 heteroatoms. The lowest BCUT2D eigenvalue weighted by Gasteiger charge is -2.30. The molecule has 21 heavy (non-hydrogen) atoms. The van der Waals surface area contributed by atoms with Gasteiger partial charge in [0.1, 0.15) is 0 Å². The molecule has 0 aliphatic carbocycles. The lowest BCUT2D eigenvalue weighted by molar-refractivity contribution is -0.133. The third-order valence-corrected chi connectivity index (χ3v) is 4.40. The van der Waals surface area contributed by atoms with Crippen LogP contribution in [0.5, 0.6) is 0 Å². The Morgan fingerprint density at radius 3 is 2.76 bits per heavy atom. The first-order valence-electron chi connectivity index (χ1n) is 7.92. The number of rotatable bonds is 5. The van der Waals surface area contributed by atoms with Crippen LogP contribution in [0.2, 0.25) is 5.02 Å². The maximum atomic E-state index is 12.5. The minimum atomic E-state index is 0.215. The van der Waals surface area contributed by atoms with E-state index in [2.05, 4.69) is 22.3 Å². The highest BCUT2D eigenvalue weighted by atomic mass is 35.5. The van der Waals surface area contributed by atoms with E-state index in [0.29, 0.717) is 6.42 Å². The molecule has 1 fully saturated rings. The van der Waals surface area contributed by atoms with Crippen LogP contribution >= 0.6 is 11.6 Å². The molecule has 1 aliphatic heterocycles. The van der Waals surface area contributed by atoms with Gasteiger partial charge in [0.25, 0.3) is 0 Å². The van der Waals surface area contributed by atoms with Gasteiger partial charge in [-0.3, -0.25) is 4.79 Å². The van der Waals surface area contributed by atoms with E-state index in [9.17, 15) is 4.79 Å². The van der Waals surface area contributed by atoms with Crippen molar-refractivity contribution in [1.29, 1.82) is 0 Å². The van der Waals surface area contributed by atoms with Gasteiger partial charge in [0, 0.05) is 18.0 Å². The van der Waals surface area contributed by atoms with E-state index in [1.165, 1.54) is 18.4 Å². The molecule has 1 heterocycles. The molecule has 0 spiro atoms. The fourth-order valence-corrected chi connectivity index (χ4v) is 3.12. The average molecular weight is 309 g/mol. The minimum Gasteiger partial charge on any atom is -0.336 e. The van der Waals surface area contributed by atoms with Crippen LogP contribution in [0.4, 0.5) is 0 Å². The van der Waals surface area contributed by atoms with Gasteiger partial charge in [-0.2, -0.15) is 0 Å². The molecule has 1 N–H and O–H groups in total. The SMILES string of the molecule is CNCCCC(=O)N1CCCCCC1c1ccc(Cl)cc1. The summed E-state index contributed by atoms with van der Waals surface area (Å²) < 4.78 is 0. The Bertz CT molecular complexity index is 447. The van der Waals surface area contributed by atoms with Crippen molar-refractivity contribution in [3.63, 3.8) is 0 Å². The molecule has 1 aliphatic rings. The molecule has 1 aromatic rings. The zero-order valence-electron chi connectivity index (χ0n) is 12.8. The van der Waals surface area contributed by atoms with Crippen LogP contribution in [0.1, 0.15) is 50.1 Å². The quantitative estimate of drug-likeness (QED) is 0.840. The molecule has 1 amide bonds. The second kappa shape index (κ2) is 8.40. The zero-order valence-corrected chi connectivity index (χ0v) is 13.5. The molecule has 1 aromatic carbocycles. The Morgan fingerprint density at radius 1 is 1.29 bits per heavy atom. The van der Waals surface area contributed by atoms with Crippen molar-refractivity contribution in [2.45, 2.75) is 44.6 Å². The number of benzene rings is 1. The Hall–Kier alpha value is -1.06. The first kappa shape index (κ1) is 16.3. The Morgan fingerprint density at radius 2 is 2.05 bits per heavy atom. The number of amides is 1. The summed E-state index contributed by atoms with van der Waals surface area (Å²) >= 11 is 5.98. The first-order valence-corrected chi connectivity index (χ1v) is 8.29. The summed E-state index contributed by atoms with van der Waals surface area (Å²) in [6.45, 7) is 1.77. The summed E-state index contributed by atoms with van der Waals surface area (Å²) in [6, 6.07) is 8.18. The molecule has 0 bridgehead atoms. The van der Waals surface area contributed by atoms with Crippen molar-refractivity contribution in [2.24, 2.45) is 0 Å². The fourth-order valence-electron chi connectivity index (χ4n) is 3.00. The van der Waals surface area contributed by atoms with Gasteiger partial charge in [-0.15, -0.1) is 0 Å². The number of hydrogen-bond acceptors (Lipinski definition) is 2. The third-order valence-electron chi connectivity index (χ3n) is 4.15. The van der Waals surface area contributed by atoms with Gasteiger partial charge in [0.2, 0.25) is 5.91 Å². The van der Waals surface area contributed by atoms with Crippen LogP contribution in [0, 0.1) is 0 Å². The number of carbonyl (C=O) groups excluding carboxylic acids is 1. The standard InChI is InChI=1S/C17H25ClN2O/c1-19-12-5-7-17(21)20-13-4-2-3-6-16(20)14-8-10-15(18)11-9-14/h8-11,16,19H,2-7,12-13H2,1H3. The van der Waals surface area contributed by atoms with Crippen molar-refractivity contribution in [3.8, 4) is 0 Å². The number of nitrogens with zero attached hydrogens (tertiary/aromatic N) is 1. The van der Waals surface area contributed by atoms with Crippen LogP contribution in [0.3, 0.4) is 0 Å². The summed E-state index contributed by atoms with van der Waals surface area (Å²) in [5.41, 5.74) is 1.21. The predicted molar refractivity (Wildman–Crippen MR) is 87.5 cm³/mol. The number of hydrogen-bond donors (Lipinski definition) is 1. The molecule has 2 rings (SSSR count). The highest BCUT2D eigenvalue weighted by molar-refractivity contribution is 6.30. The number of nitrogens with one attached hydrogen (secondary N) is 1. The van der Waals surface area contributed by atoms with E-state index >= 15 is 0 Å². The number of carbonyl (C=O) groups is 1. The van der Waals surface area contributed by atoms with Crippen LogP contribution in [0.25, 0.3) is 0 Å². The summed E-state index contributed by atoms with van der Waals surface area (Å²) in [5.74, 6) is 0.284. The molecule has 116 valence electrons. The summed E-state index contributed by atoms with van der Waals surface area (Å²) in [7, 11) is 1.92. The molecular formula is C17H25ClN2O. The lowest BCUT2D eigenvalue weighted by atomic mass is 10.0. The Balaban J connectivity index is 2.10. The molecular weight excluding hydrogens is 284 g/mol. The Kier molecular flexibility index (Phi) is 6.52. The topological polar surface area (TPSA) is 32.3 Å². The first-order chi connectivity index (χ1) is 10.2. The molecule has 1 atom stereocenters. The van der Waals surface area contributed by atoms with E-state index in [1.54, 1.807) is 0 Å². The predicted octanol–water partition coefficient (Wildman–Crippen LogP) is 3.78. The average Bonchev–Trinajstić information content (AvgIpc) is 2.74. The van der Waals surface area contributed by atoms with Crippen LogP contribution < -0.4 is 5.32 Å². The maximum Gasteiger partial charge on any atom is 0.223 e. The van der Waals surface area contributed by atoms with Crippen LogP contribution in [-0.2, 0) is 4.79 Å². The molecule has 1 unspecified atom stereocenters. The highest BCUT2D eigenvalue weighted by Crippen LogP contribution is 2.31. The van der Waals surface area contributed by atoms with Gasteiger partial charge in [-0.05, 0) is 50.6 Å². The second-order valence-electron chi connectivity index (χ2n) is 5.71. The Labute approximate surface area is 132 Å². The van der Waals surface area contributed by atoms with E-state index in [-0.39, 0.29) is 11.9 Å². The van der Waals surface area contributed by atoms with Gasteiger partial charge in [-0.25, -0.2) is 0 Å². The van der Waals surface area contributed by atoms with Gasteiger partial charge < -0.3 is 10.2 Å². The van der Waals surface area contributed by atoms with E-state index < -0.39 is 0 Å². The van der Waals surface area contributed by atoms with Crippen LogP contribution in [-0.4, -0.2) is 30.9 Å². The van der Waals surface area contributed by atoms with Crippen LogP contribution in [0.15, 0.2) is 24.3 Å². The maximum absolute atomic E-state index is 12.5. The lowest BCUT2D eigenvalue weighted by Crippen LogP contribution is -2.35. The van der Waals surface area contributed by atoms with Crippen molar-refractivity contribution in [1.82, 2.24) is 10.2 Å². The molecule has 0 aromatic heterocycles. The number of likely N-dealkylation sites (tertiary alicyclic amines) is 1. The second-order valence-corrected chi connectivity index (χ2v) is 6.15. The van der Waals surface area contributed by atoms with Crippen molar-refractivity contribution in [3.05, 3.63) is 34.9 Å². The van der Waals surface area contributed by atoms with Crippen molar-refractivity contribution < 1.29 is 4.79 Å². The molecule has 1 saturated heterocycles. The monoisotopic (exact) mass is 308 g/mol. The van der Waals surface area contributed by atoms with Gasteiger partial charge >= 0.3 is 0 Å². The summed E-state index contributed by atoms with van der Waals surface area (Å²) in [5, 5.41) is 3.85. The molecule has 3 nitrogen and oxygen atoms in total. The minimum absolute atomic E-state index is 0.215. The third kappa shape index (κ3) is 4.72. The normalized spacial score (nSPS) is 19.3. The van der Waals surface area contributed by atoms with E-state index in [1.807, 2.05) is 19.2 Å². The zero-order chi connectivity index (χ0) is 15.1. The smallest absolute Gasteiger partial charge is 0.223 e. The van der Waals surface area contributed by atoms with E-state index in [4.69, 9.17) is 11.6 Å². The van der Waals surface area contributed by atoms with Crippen molar-refractivity contribution in [2.75, 3.05) is 20.1 Å². The largest absolute Gasteiger partial charge is 0.336 e. The summed E-state index contributed by atoms with van der Waals surface area (Å²) in [4.78, 5) is 14.6. The van der Waals surface area contributed by atoms with E-state index in [0.717, 1.165) is 37.4 Å². The van der Waals surface area contributed by atoms with Gasteiger partial charge in [0.05, 0.1) is 6.04 Å². The number of halogens is 1.